The Morgan fingerprint density at radius 3 is 2.63 bits per heavy atom. The van der Waals surface area contributed by atoms with Crippen LogP contribution in [-0.2, 0) is 9.59 Å². The summed E-state index contributed by atoms with van der Waals surface area (Å²) < 4.78 is 0. The largest absolute Gasteiger partial charge is 0.391 e. The van der Waals surface area contributed by atoms with Crippen molar-refractivity contribution in [2.24, 2.45) is 0 Å². The van der Waals surface area contributed by atoms with Crippen LogP contribution in [0.5, 0.6) is 0 Å². The van der Waals surface area contributed by atoms with Gasteiger partial charge in [-0.25, -0.2) is 4.98 Å². The minimum absolute atomic E-state index is 0.0322. The summed E-state index contributed by atoms with van der Waals surface area (Å²) in [7, 11) is 0. The second-order valence-corrected chi connectivity index (χ2v) is 7.11. The predicted octanol–water partition coefficient (Wildman–Crippen LogP) is 0.242. The zero-order valence-electron chi connectivity index (χ0n) is 14.6. The first-order chi connectivity index (χ1) is 13.0. The Kier molecular flexibility index (Phi) is 4.63. The van der Waals surface area contributed by atoms with Gasteiger partial charge in [0.05, 0.1) is 12.2 Å². The molecule has 2 aliphatic rings. The van der Waals surface area contributed by atoms with Crippen LogP contribution in [0, 0.1) is 0 Å². The molecule has 0 bridgehead atoms. The fourth-order valence-electron chi connectivity index (χ4n) is 3.22. The van der Waals surface area contributed by atoms with Crippen LogP contribution in [0.1, 0.15) is 31.0 Å². The van der Waals surface area contributed by atoms with Gasteiger partial charge < -0.3 is 20.4 Å². The van der Waals surface area contributed by atoms with Gasteiger partial charge in [-0.2, -0.15) is 5.10 Å². The summed E-state index contributed by atoms with van der Waals surface area (Å²) >= 11 is 0. The van der Waals surface area contributed by atoms with Crippen LogP contribution < -0.4 is 5.32 Å². The van der Waals surface area contributed by atoms with E-state index in [-0.39, 0.29) is 19.5 Å². The number of aliphatic hydroxyl groups is 2. The Morgan fingerprint density at radius 1 is 1.19 bits per heavy atom. The summed E-state index contributed by atoms with van der Waals surface area (Å²) in [5.41, 5.74) is 1.17. The lowest BCUT2D eigenvalue weighted by Gasteiger charge is -2.32. The first-order valence-corrected chi connectivity index (χ1v) is 8.98. The monoisotopic (exact) mass is 371 g/mol. The van der Waals surface area contributed by atoms with Gasteiger partial charge in [0.1, 0.15) is 5.82 Å². The van der Waals surface area contributed by atoms with E-state index in [0.717, 1.165) is 29.1 Å². The molecule has 2 atom stereocenters. The van der Waals surface area contributed by atoms with Gasteiger partial charge in [-0.3, -0.25) is 14.7 Å². The van der Waals surface area contributed by atoms with Crippen LogP contribution in [0.4, 0.5) is 5.69 Å². The molecule has 9 heteroatoms. The maximum Gasteiger partial charge on any atom is 0.313 e. The van der Waals surface area contributed by atoms with Gasteiger partial charge in [-0.05, 0) is 25.0 Å². The number of H-pyrrole nitrogens is 1. The van der Waals surface area contributed by atoms with Crippen molar-refractivity contribution in [3.05, 3.63) is 30.1 Å². The Morgan fingerprint density at radius 2 is 1.93 bits per heavy atom. The maximum atomic E-state index is 12.3. The average molecular weight is 371 g/mol. The third kappa shape index (κ3) is 3.99. The second-order valence-electron chi connectivity index (χ2n) is 7.11. The zero-order chi connectivity index (χ0) is 19.0. The molecule has 2 amide bonds. The molecule has 0 radical (unpaired) electrons. The molecule has 1 aliphatic carbocycles. The number of rotatable bonds is 3. The molecule has 1 aliphatic heterocycles. The number of hydrogen-bond acceptors (Lipinski definition) is 6. The number of anilines is 1. The van der Waals surface area contributed by atoms with E-state index in [2.05, 4.69) is 20.5 Å². The lowest BCUT2D eigenvalue weighted by atomic mass is 10.1. The normalized spacial score (nSPS) is 22.5. The number of carbonyl (C=O) groups excluding carboxylic acids is 2. The topological polar surface area (TPSA) is 131 Å². The van der Waals surface area contributed by atoms with Crippen molar-refractivity contribution in [3.63, 3.8) is 0 Å². The summed E-state index contributed by atoms with van der Waals surface area (Å²) in [6.07, 6.45) is 0.771. The smallest absolute Gasteiger partial charge is 0.313 e. The first-order valence-electron chi connectivity index (χ1n) is 8.98. The third-order valence-electron chi connectivity index (χ3n) is 4.73. The number of piperidine rings is 1. The van der Waals surface area contributed by atoms with Crippen LogP contribution in [0.25, 0.3) is 11.4 Å². The van der Waals surface area contributed by atoms with Crippen LogP contribution in [0.2, 0.25) is 0 Å². The lowest BCUT2D eigenvalue weighted by Crippen LogP contribution is -2.51. The van der Waals surface area contributed by atoms with Gasteiger partial charge >= 0.3 is 11.8 Å². The van der Waals surface area contributed by atoms with E-state index < -0.39 is 24.0 Å². The molecule has 142 valence electrons. The van der Waals surface area contributed by atoms with E-state index in [9.17, 15) is 19.8 Å². The van der Waals surface area contributed by atoms with E-state index in [0.29, 0.717) is 17.4 Å². The number of benzene rings is 1. The number of aliphatic hydroxyl groups excluding tert-OH is 2. The van der Waals surface area contributed by atoms with E-state index >= 15 is 0 Å². The highest BCUT2D eigenvalue weighted by atomic mass is 16.3. The molecular formula is C18H21N5O4. The fourth-order valence-corrected chi connectivity index (χ4v) is 3.22. The van der Waals surface area contributed by atoms with E-state index in [1.54, 1.807) is 18.2 Å². The van der Waals surface area contributed by atoms with Crippen molar-refractivity contribution >= 4 is 17.5 Å². The van der Waals surface area contributed by atoms with Crippen LogP contribution in [0.15, 0.2) is 24.3 Å². The summed E-state index contributed by atoms with van der Waals surface area (Å²) in [6.45, 7) is 0.0645. The Balaban J connectivity index is 1.44. The molecular weight excluding hydrogens is 350 g/mol. The van der Waals surface area contributed by atoms with Crippen molar-refractivity contribution in [2.75, 3.05) is 18.4 Å². The second kappa shape index (κ2) is 7.09. The molecule has 1 saturated carbocycles. The third-order valence-corrected chi connectivity index (χ3v) is 4.73. The summed E-state index contributed by atoms with van der Waals surface area (Å²) in [6, 6.07) is 6.94. The van der Waals surface area contributed by atoms with Gasteiger partial charge in [-0.1, -0.05) is 12.1 Å². The molecule has 1 saturated heterocycles. The number of β-amino-alcohol motifs (C(OH)–C–C–N with tert-alkyl or cyclic N) is 2. The van der Waals surface area contributed by atoms with Crippen molar-refractivity contribution < 1.29 is 19.8 Å². The minimum Gasteiger partial charge on any atom is -0.391 e. The Hall–Kier alpha value is -2.78. The molecule has 2 heterocycles. The number of aromatic amines is 1. The number of hydrogen-bond donors (Lipinski definition) is 4. The molecule has 27 heavy (non-hydrogen) atoms. The molecule has 2 aromatic rings. The first kappa shape index (κ1) is 17.6. The molecule has 4 rings (SSSR count). The Bertz CT molecular complexity index is 853. The average Bonchev–Trinajstić information content (AvgIpc) is 3.37. The quantitative estimate of drug-likeness (QED) is 0.572. The molecule has 4 N–H and O–H groups in total. The molecule has 2 fully saturated rings. The summed E-state index contributed by atoms with van der Waals surface area (Å²) in [5, 5.41) is 29.1. The standard InChI is InChI=1S/C18H21N5O4/c24-13-7-14(25)9-23(8-13)18(27)17(26)19-12-3-1-2-11(6-12)16-20-15(21-22-16)10-4-5-10/h1-3,6,10,13-14,24-25H,4-5,7-9H2,(H,19,26)(H,20,21,22)/t13-,14+. The fraction of sp³-hybridized carbons (Fsp3) is 0.444. The summed E-state index contributed by atoms with van der Waals surface area (Å²) in [4.78, 5) is 30.2. The van der Waals surface area contributed by atoms with Gasteiger partial charge in [0.15, 0.2) is 5.82 Å². The Labute approximate surface area is 155 Å². The van der Waals surface area contributed by atoms with E-state index in [1.165, 1.54) is 0 Å². The number of amides is 2. The number of nitrogens with zero attached hydrogens (tertiary/aromatic N) is 3. The minimum atomic E-state index is -0.833. The number of carbonyl (C=O) groups is 2. The van der Waals surface area contributed by atoms with Gasteiger partial charge in [0, 0.05) is 36.7 Å². The molecule has 1 aromatic carbocycles. The SMILES string of the molecule is O=C(Nc1cccc(-c2n[nH]c(C3CC3)n2)c1)C(=O)N1C[C@H](O)C[C@H](O)C1. The molecule has 1 aromatic heterocycles. The van der Waals surface area contributed by atoms with Crippen LogP contribution >= 0.6 is 0 Å². The van der Waals surface area contributed by atoms with Gasteiger partial charge in [-0.15, -0.1) is 0 Å². The highest BCUT2D eigenvalue weighted by Crippen LogP contribution is 2.38. The van der Waals surface area contributed by atoms with Gasteiger partial charge in [0.2, 0.25) is 0 Å². The molecule has 9 nitrogen and oxygen atoms in total. The van der Waals surface area contributed by atoms with E-state index in [4.69, 9.17) is 0 Å². The van der Waals surface area contributed by atoms with Crippen LogP contribution in [0.3, 0.4) is 0 Å². The highest BCUT2D eigenvalue weighted by Gasteiger charge is 2.31. The number of aromatic nitrogens is 3. The lowest BCUT2D eigenvalue weighted by molar-refractivity contribution is -0.147. The van der Waals surface area contributed by atoms with Crippen molar-refractivity contribution in [3.8, 4) is 11.4 Å². The van der Waals surface area contributed by atoms with Gasteiger partial charge in [0.25, 0.3) is 0 Å². The van der Waals surface area contributed by atoms with Crippen molar-refractivity contribution in [1.29, 1.82) is 0 Å². The molecule has 0 spiro atoms. The maximum absolute atomic E-state index is 12.3. The zero-order valence-corrected chi connectivity index (χ0v) is 14.6. The predicted molar refractivity (Wildman–Crippen MR) is 95.6 cm³/mol. The van der Waals surface area contributed by atoms with E-state index in [1.807, 2.05) is 6.07 Å². The van der Waals surface area contributed by atoms with Crippen LogP contribution in [-0.4, -0.2) is 67.4 Å². The number of nitrogens with one attached hydrogen (secondary N) is 2. The summed E-state index contributed by atoms with van der Waals surface area (Å²) in [5.74, 6) is 0.273. The van der Waals surface area contributed by atoms with Crippen molar-refractivity contribution in [1.82, 2.24) is 20.1 Å². The molecule has 0 unspecified atom stereocenters. The highest BCUT2D eigenvalue weighted by molar-refractivity contribution is 6.39. The number of likely N-dealkylation sites (tertiary alicyclic amines) is 1. The van der Waals surface area contributed by atoms with Crippen molar-refractivity contribution in [2.45, 2.75) is 37.4 Å².